The van der Waals surface area contributed by atoms with Crippen LogP contribution in [0.25, 0.3) is 0 Å². The third kappa shape index (κ3) is 3.86. The van der Waals surface area contributed by atoms with Crippen LogP contribution >= 0.6 is 23.2 Å². The fourth-order valence-corrected chi connectivity index (χ4v) is 3.36. The zero-order valence-corrected chi connectivity index (χ0v) is 15.8. The van der Waals surface area contributed by atoms with Gasteiger partial charge in [-0.1, -0.05) is 29.3 Å². The summed E-state index contributed by atoms with van der Waals surface area (Å²) in [6.07, 6.45) is 0. The molecular formula is C19H20Cl2N2O2. The zero-order chi connectivity index (χ0) is 18.0. The first kappa shape index (κ1) is 17.9. The van der Waals surface area contributed by atoms with E-state index >= 15 is 0 Å². The summed E-state index contributed by atoms with van der Waals surface area (Å²) < 4.78 is 5.47. The Morgan fingerprint density at radius 2 is 1.80 bits per heavy atom. The maximum absolute atomic E-state index is 12.6. The molecule has 1 amide bonds. The van der Waals surface area contributed by atoms with Crippen molar-refractivity contribution in [3.63, 3.8) is 0 Å². The van der Waals surface area contributed by atoms with Crippen LogP contribution in [0.3, 0.4) is 0 Å². The number of anilines is 1. The summed E-state index contributed by atoms with van der Waals surface area (Å²) in [6, 6.07) is 11.0. The lowest BCUT2D eigenvalue weighted by Crippen LogP contribution is -2.48. The highest BCUT2D eigenvalue weighted by Gasteiger charge is 2.24. The van der Waals surface area contributed by atoms with E-state index in [0.29, 0.717) is 28.7 Å². The third-order valence-electron chi connectivity index (χ3n) is 4.44. The summed E-state index contributed by atoms with van der Waals surface area (Å²) >= 11 is 12.2. The van der Waals surface area contributed by atoms with Crippen molar-refractivity contribution in [2.24, 2.45) is 0 Å². The first-order valence-electron chi connectivity index (χ1n) is 8.13. The molecule has 1 saturated heterocycles. The monoisotopic (exact) mass is 378 g/mol. The van der Waals surface area contributed by atoms with Crippen molar-refractivity contribution >= 4 is 34.8 Å². The predicted octanol–water partition coefficient (Wildman–Crippen LogP) is 4.27. The number of rotatable bonds is 3. The van der Waals surface area contributed by atoms with Gasteiger partial charge in [0.1, 0.15) is 5.75 Å². The summed E-state index contributed by atoms with van der Waals surface area (Å²) in [4.78, 5) is 16.7. The fourth-order valence-electron chi connectivity index (χ4n) is 3.01. The second-order valence-electron chi connectivity index (χ2n) is 6.06. The number of benzene rings is 2. The Kier molecular flexibility index (Phi) is 5.40. The van der Waals surface area contributed by atoms with Crippen molar-refractivity contribution in [2.45, 2.75) is 6.92 Å². The van der Waals surface area contributed by atoms with Crippen LogP contribution in [0.5, 0.6) is 5.75 Å². The zero-order valence-electron chi connectivity index (χ0n) is 14.3. The summed E-state index contributed by atoms with van der Waals surface area (Å²) in [7, 11) is 1.64. The molecule has 4 nitrogen and oxygen atoms in total. The number of piperazine rings is 1. The molecule has 2 aromatic carbocycles. The number of amides is 1. The van der Waals surface area contributed by atoms with Crippen molar-refractivity contribution in [1.29, 1.82) is 0 Å². The lowest BCUT2D eigenvalue weighted by atomic mass is 10.1. The second kappa shape index (κ2) is 7.54. The van der Waals surface area contributed by atoms with E-state index in [2.05, 4.69) is 4.90 Å². The first-order valence-corrected chi connectivity index (χ1v) is 8.89. The second-order valence-corrected chi connectivity index (χ2v) is 6.91. The molecule has 1 aliphatic rings. The van der Waals surface area contributed by atoms with Gasteiger partial charge in [-0.2, -0.15) is 0 Å². The van der Waals surface area contributed by atoms with Crippen molar-refractivity contribution < 1.29 is 9.53 Å². The Morgan fingerprint density at radius 1 is 1.08 bits per heavy atom. The van der Waals surface area contributed by atoms with Gasteiger partial charge < -0.3 is 14.5 Å². The van der Waals surface area contributed by atoms with E-state index < -0.39 is 0 Å². The molecule has 0 bridgehead atoms. The number of aryl methyl sites for hydroxylation is 1. The SMILES string of the molecule is COc1cc(Cl)c(C)cc1N1CCN(C(=O)c2cccc(Cl)c2)CC1. The molecular weight excluding hydrogens is 359 g/mol. The lowest BCUT2D eigenvalue weighted by molar-refractivity contribution is 0.0746. The molecule has 0 radical (unpaired) electrons. The smallest absolute Gasteiger partial charge is 0.254 e. The van der Waals surface area contributed by atoms with E-state index in [0.717, 1.165) is 30.1 Å². The minimum Gasteiger partial charge on any atom is -0.495 e. The summed E-state index contributed by atoms with van der Waals surface area (Å²) in [5.41, 5.74) is 2.65. The van der Waals surface area contributed by atoms with Gasteiger partial charge in [0.15, 0.2) is 0 Å². The number of halogens is 2. The van der Waals surface area contributed by atoms with Crippen LogP contribution in [0.2, 0.25) is 10.0 Å². The van der Waals surface area contributed by atoms with E-state index in [1.54, 1.807) is 31.4 Å². The van der Waals surface area contributed by atoms with Crippen LogP contribution in [0.4, 0.5) is 5.69 Å². The molecule has 1 heterocycles. The van der Waals surface area contributed by atoms with Gasteiger partial charge >= 0.3 is 0 Å². The van der Waals surface area contributed by atoms with Crippen LogP contribution < -0.4 is 9.64 Å². The molecule has 132 valence electrons. The predicted molar refractivity (Wildman–Crippen MR) is 102 cm³/mol. The third-order valence-corrected chi connectivity index (χ3v) is 5.08. The average molecular weight is 379 g/mol. The van der Waals surface area contributed by atoms with Gasteiger partial charge in [-0.15, -0.1) is 0 Å². The van der Waals surface area contributed by atoms with Crippen molar-refractivity contribution in [1.82, 2.24) is 4.90 Å². The quantitative estimate of drug-likeness (QED) is 0.799. The standard InChI is InChI=1S/C19H20Cl2N2O2/c1-13-10-17(18(25-2)12-16(13)21)22-6-8-23(9-7-22)19(24)14-4-3-5-15(20)11-14/h3-5,10-12H,6-9H2,1-2H3. The molecule has 0 aliphatic carbocycles. The van der Waals surface area contributed by atoms with Gasteiger partial charge in [0.25, 0.3) is 5.91 Å². The fraction of sp³-hybridized carbons (Fsp3) is 0.316. The molecule has 0 aromatic heterocycles. The van der Waals surface area contributed by atoms with Crippen LogP contribution in [-0.2, 0) is 0 Å². The molecule has 0 atom stereocenters. The Balaban J connectivity index is 1.72. The van der Waals surface area contributed by atoms with Gasteiger partial charge in [0.2, 0.25) is 0 Å². The van der Waals surface area contributed by atoms with Crippen molar-refractivity contribution in [3.05, 3.63) is 57.6 Å². The van der Waals surface area contributed by atoms with Gasteiger partial charge in [0, 0.05) is 47.9 Å². The van der Waals surface area contributed by atoms with Gasteiger partial charge in [-0.25, -0.2) is 0 Å². The molecule has 25 heavy (non-hydrogen) atoms. The molecule has 0 N–H and O–H groups in total. The van der Waals surface area contributed by atoms with Crippen LogP contribution in [0.15, 0.2) is 36.4 Å². The topological polar surface area (TPSA) is 32.8 Å². The van der Waals surface area contributed by atoms with Crippen LogP contribution in [0.1, 0.15) is 15.9 Å². The van der Waals surface area contributed by atoms with Crippen molar-refractivity contribution in [3.8, 4) is 5.75 Å². The van der Waals surface area contributed by atoms with Gasteiger partial charge in [-0.05, 0) is 36.8 Å². The number of methoxy groups -OCH3 is 1. The Hall–Kier alpha value is -1.91. The minimum absolute atomic E-state index is 0.0152. The molecule has 0 saturated carbocycles. The number of hydrogen-bond donors (Lipinski definition) is 0. The largest absolute Gasteiger partial charge is 0.495 e. The average Bonchev–Trinajstić information content (AvgIpc) is 2.63. The van der Waals surface area contributed by atoms with E-state index in [1.807, 2.05) is 24.0 Å². The summed E-state index contributed by atoms with van der Waals surface area (Å²) in [5, 5.41) is 1.27. The van der Waals surface area contributed by atoms with E-state index in [1.165, 1.54) is 0 Å². The highest BCUT2D eigenvalue weighted by atomic mass is 35.5. The first-order chi connectivity index (χ1) is 12.0. The normalized spacial score (nSPS) is 14.6. The minimum atomic E-state index is 0.0152. The number of ether oxygens (including phenoxy) is 1. The maximum atomic E-state index is 12.6. The number of carbonyl (C=O) groups is 1. The molecule has 1 aliphatic heterocycles. The van der Waals surface area contributed by atoms with Crippen molar-refractivity contribution in [2.75, 3.05) is 38.2 Å². The molecule has 3 rings (SSSR count). The highest BCUT2D eigenvalue weighted by Crippen LogP contribution is 2.34. The van der Waals surface area contributed by atoms with E-state index in [-0.39, 0.29) is 5.91 Å². The summed E-state index contributed by atoms with van der Waals surface area (Å²) in [6.45, 7) is 4.75. The maximum Gasteiger partial charge on any atom is 0.254 e. The molecule has 0 spiro atoms. The molecule has 1 fully saturated rings. The summed E-state index contributed by atoms with van der Waals surface area (Å²) in [5.74, 6) is 0.770. The Morgan fingerprint density at radius 3 is 2.44 bits per heavy atom. The molecule has 6 heteroatoms. The lowest BCUT2D eigenvalue weighted by Gasteiger charge is -2.37. The van der Waals surface area contributed by atoms with Crippen LogP contribution in [0, 0.1) is 6.92 Å². The highest BCUT2D eigenvalue weighted by molar-refractivity contribution is 6.31. The van der Waals surface area contributed by atoms with Crippen LogP contribution in [-0.4, -0.2) is 44.1 Å². The Labute approximate surface area is 157 Å². The number of hydrogen-bond acceptors (Lipinski definition) is 3. The van der Waals surface area contributed by atoms with Gasteiger partial charge in [-0.3, -0.25) is 4.79 Å². The van der Waals surface area contributed by atoms with Gasteiger partial charge in [0.05, 0.1) is 12.8 Å². The molecule has 2 aromatic rings. The number of nitrogens with zero attached hydrogens (tertiary/aromatic N) is 2. The molecule has 0 unspecified atom stereocenters. The number of carbonyl (C=O) groups excluding carboxylic acids is 1. The van der Waals surface area contributed by atoms with E-state index in [9.17, 15) is 4.79 Å². The van der Waals surface area contributed by atoms with E-state index in [4.69, 9.17) is 27.9 Å². The Bertz CT molecular complexity index is 787.